The van der Waals surface area contributed by atoms with E-state index in [2.05, 4.69) is 4.90 Å². The Kier molecular flexibility index (Phi) is 3.61. The van der Waals surface area contributed by atoms with Gasteiger partial charge in [-0.3, -0.25) is 0 Å². The van der Waals surface area contributed by atoms with Crippen molar-refractivity contribution in [2.45, 2.75) is 20.3 Å². The van der Waals surface area contributed by atoms with Crippen LogP contribution in [-0.4, -0.2) is 36.2 Å². The molecule has 0 aromatic rings. The van der Waals surface area contributed by atoms with E-state index in [0.29, 0.717) is 19.5 Å². The highest BCUT2D eigenvalue weighted by molar-refractivity contribution is 5.18. The second kappa shape index (κ2) is 4.36. The Balaban J connectivity index is 2.87. The molecule has 1 aliphatic heterocycles. The van der Waals surface area contributed by atoms with Crippen molar-refractivity contribution >= 4 is 0 Å². The van der Waals surface area contributed by atoms with Gasteiger partial charge in [0.05, 0.1) is 6.61 Å². The van der Waals surface area contributed by atoms with Gasteiger partial charge in [-0.15, -0.1) is 0 Å². The number of likely N-dealkylation sites (tertiary alicyclic amines) is 1. The fourth-order valence-corrected chi connectivity index (χ4v) is 1.98. The van der Waals surface area contributed by atoms with Crippen LogP contribution in [0, 0.1) is 5.41 Å². The molecule has 1 atom stereocenters. The highest BCUT2D eigenvalue weighted by Gasteiger charge is 2.36. The Bertz CT molecular complexity index is 238. The summed E-state index contributed by atoms with van der Waals surface area (Å²) >= 11 is 0. The molecular weight excluding hydrogens is 188 g/mol. The van der Waals surface area contributed by atoms with Gasteiger partial charge in [0.25, 0.3) is 6.08 Å². The van der Waals surface area contributed by atoms with Crippen LogP contribution in [-0.2, 0) is 0 Å². The number of hydrogen-bond donors (Lipinski definition) is 1. The molecule has 4 heteroatoms. The average molecular weight is 205 g/mol. The van der Waals surface area contributed by atoms with Crippen molar-refractivity contribution in [2.24, 2.45) is 5.41 Å². The summed E-state index contributed by atoms with van der Waals surface area (Å²) in [4.78, 5) is 2.09. The van der Waals surface area contributed by atoms with Crippen molar-refractivity contribution in [1.82, 2.24) is 4.90 Å². The quantitative estimate of drug-likeness (QED) is 0.743. The van der Waals surface area contributed by atoms with Crippen molar-refractivity contribution in [2.75, 3.05) is 26.2 Å². The molecule has 0 bridgehead atoms. The van der Waals surface area contributed by atoms with Gasteiger partial charge in [0.1, 0.15) is 0 Å². The van der Waals surface area contributed by atoms with Crippen molar-refractivity contribution in [3.05, 3.63) is 11.7 Å². The van der Waals surface area contributed by atoms with Crippen LogP contribution in [0.1, 0.15) is 20.3 Å². The Hall–Kier alpha value is -0.480. The molecule has 2 nitrogen and oxygen atoms in total. The van der Waals surface area contributed by atoms with Crippen molar-refractivity contribution < 1.29 is 13.9 Å². The lowest BCUT2D eigenvalue weighted by Gasteiger charge is -2.40. The van der Waals surface area contributed by atoms with E-state index in [4.69, 9.17) is 0 Å². The first-order valence-corrected chi connectivity index (χ1v) is 4.91. The molecule has 14 heavy (non-hydrogen) atoms. The van der Waals surface area contributed by atoms with E-state index >= 15 is 0 Å². The predicted octanol–water partition coefficient (Wildman–Crippen LogP) is 1.86. The van der Waals surface area contributed by atoms with Crippen molar-refractivity contribution in [3.63, 3.8) is 0 Å². The average Bonchev–Trinajstić information content (AvgIpc) is 2.17. The van der Waals surface area contributed by atoms with E-state index in [-0.39, 0.29) is 12.2 Å². The fourth-order valence-electron chi connectivity index (χ4n) is 1.98. The number of rotatable bonds is 2. The molecule has 1 unspecified atom stereocenters. The maximum absolute atomic E-state index is 12.6. The van der Waals surface area contributed by atoms with Crippen LogP contribution in [0.3, 0.4) is 0 Å². The number of piperidine rings is 1. The van der Waals surface area contributed by atoms with Gasteiger partial charge < -0.3 is 10.0 Å². The summed E-state index contributed by atoms with van der Waals surface area (Å²) < 4.78 is 25.2. The summed E-state index contributed by atoms with van der Waals surface area (Å²) in [6.07, 6.45) is -1.25. The minimum atomic E-state index is -1.61. The molecule has 0 aromatic carbocycles. The topological polar surface area (TPSA) is 23.5 Å². The third kappa shape index (κ3) is 2.12. The van der Waals surface area contributed by atoms with Crippen LogP contribution in [0.2, 0.25) is 0 Å². The molecule has 0 aliphatic carbocycles. The largest absolute Gasteiger partial charge is 0.395 e. The molecule has 1 fully saturated rings. The van der Waals surface area contributed by atoms with E-state index in [1.807, 2.05) is 6.92 Å². The normalized spacial score (nSPS) is 29.4. The first kappa shape index (κ1) is 11.6. The van der Waals surface area contributed by atoms with Crippen LogP contribution in [0.5, 0.6) is 0 Å². The summed E-state index contributed by atoms with van der Waals surface area (Å²) in [5, 5.41) is 9.19. The van der Waals surface area contributed by atoms with Gasteiger partial charge in [0.2, 0.25) is 0 Å². The van der Waals surface area contributed by atoms with Crippen LogP contribution in [0.15, 0.2) is 11.7 Å². The zero-order chi connectivity index (χ0) is 10.8. The van der Waals surface area contributed by atoms with E-state index in [1.165, 1.54) is 0 Å². The van der Waals surface area contributed by atoms with Crippen LogP contribution >= 0.6 is 0 Å². The minimum absolute atomic E-state index is 0.129. The molecule has 0 amide bonds. The second-order valence-electron chi connectivity index (χ2n) is 4.08. The van der Waals surface area contributed by atoms with E-state index in [1.54, 1.807) is 6.92 Å². The van der Waals surface area contributed by atoms with E-state index in [0.717, 1.165) is 6.54 Å². The predicted molar refractivity (Wildman–Crippen MR) is 51.2 cm³/mol. The Morgan fingerprint density at radius 2 is 2.21 bits per heavy atom. The summed E-state index contributed by atoms with van der Waals surface area (Å²) in [6, 6.07) is 0. The SMILES string of the molecule is CCN1CCC(=C(F)F)C(C)(CO)C1. The van der Waals surface area contributed by atoms with Gasteiger partial charge in [0, 0.05) is 24.1 Å². The second-order valence-corrected chi connectivity index (χ2v) is 4.08. The first-order valence-electron chi connectivity index (χ1n) is 4.91. The molecule has 0 spiro atoms. The van der Waals surface area contributed by atoms with Crippen LogP contribution in [0.4, 0.5) is 8.78 Å². The summed E-state index contributed by atoms with van der Waals surface area (Å²) in [7, 11) is 0. The van der Waals surface area contributed by atoms with Crippen LogP contribution < -0.4 is 0 Å². The third-order valence-corrected chi connectivity index (χ3v) is 3.00. The summed E-state index contributed by atoms with van der Waals surface area (Å²) in [6.45, 7) is 5.51. The van der Waals surface area contributed by atoms with Gasteiger partial charge in [0.15, 0.2) is 0 Å². The molecule has 1 saturated heterocycles. The smallest absolute Gasteiger partial charge is 0.270 e. The van der Waals surface area contributed by atoms with E-state index in [9.17, 15) is 13.9 Å². The molecule has 1 aliphatic rings. The summed E-state index contributed by atoms with van der Waals surface area (Å²) in [5.74, 6) is 0. The fraction of sp³-hybridized carbons (Fsp3) is 0.800. The molecule has 0 saturated carbocycles. The maximum Gasteiger partial charge on any atom is 0.270 e. The molecule has 0 aromatic heterocycles. The monoisotopic (exact) mass is 205 g/mol. The lowest BCUT2D eigenvalue weighted by Crippen LogP contribution is -2.45. The lowest BCUT2D eigenvalue weighted by molar-refractivity contribution is 0.0861. The summed E-state index contributed by atoms with van der Waals surface area (Å²) in [5.41, 5.74) is -0.627. The molecule has 1 heterocycles. The maximum atomic E-state index is 12.6. The van der Waals surface area contributed by atoms with Crippen molar-refractivity contribution in [3.8, 4) is 0 Å². The Morgan fingerprint density at radius 1 is 1.57 bits per heavy atom. The van der Waals surface area contributed by atoms with Gasteiger partial charge in [-0.1, -0.05) is 13.8 Å². The standard InChI is InChI=1S/C10H17F2NO/c1-3-13-5-4-8(9(11)12)10(2,6-13)7-14/h14H,3-7H2,1-2H3. The van der Waals surface area contributed by atoms with Crippen LogP contribution in [0.25, 0.3) is 0 Å². The number of halogens is 2. The number of hydrogen-bond acceptors (Lipinski definition) is 2. The van der Waals surface area contributed by atoms with E-state index < -0.39 is 11.5 Å². The van der Waals surface area contributed by atoms with Crippen molar-refractivity contribution in [1.29, 1.82) is 0 Å². The van der Waals surface area contributed by atoms with Gasteiger partial charge in [-0.05, 0) is 13.0 Å². The van der Waals surface area contributed by atoms with Gasteiger partial charge >= 0.3 is 0 Å². The minimum Gasteiger partial charge on any atom is -0.395 e. The highest BCUT2D eigenvalue weighted by Crippen LogP contribution is 2.37. The number of nitrogens with zero attached hydrogens (tertiary/aromatic N) is 1. The number of aliphatic hydroxyl groups is 1. The highest BCUT2D eigenvalue weighted by atomic mass is 19.3. The first-order chi connectivity index (χ1) is 6.53. The van der Waals surface area contributed by atoms with Gasteiger partial charge in [-0.2, -0.15) is 8.78 Å². The third-order valence-electron chi connectivity index (χ3n) is 3.00. The molecule has 0 radical (unpaired) electrons. The molecular formula is C10H17F2NO. The lowest BCUT2D eigenvalue weighted by atomic mass is 9.78. The Labute approximate surface area is 83.2 Å². The van der Waals surface area contributed by atoms with Gasteiger partial charge in [-0.25, -0.2) is 0 Å². The molecule has 82 valence electrons. The number of aliphatic hydroxyl groups excluding tert-OH is 1. The zero-order valence-corrected chi connectivity index (χ0v) is 8.69. The Morgan fingerprint density at radius 3 is 2.64 bits per heavy atom. The molecule has 1 N–H and O–H groups in total. The molecule has 1 rings (SSSR count). The zero-order valence-electron chi connectivity index (χ0n) is 8.69.